The highest BCUT2D eigenvalue weighted by molar-refractivity contribution is 6.02. The van der Waals surface area contributed by atoms with Crippen molar-refractivity contribution in [2.45, 2.75) is 70.1 Å². The summed E-state index contributed by atoms with van der Waals surface area (Å²) in [7, 11) is 1.72. The maximum absolute atomic E-state index is 15.0. The van der Waals surface area contributed by atoms with E-state index in [1.807, 2.05) is 18.3 Å². The van der Waals surface area contributed by atoms with E-state index in [0.717, 1.165) is 78.4 Å². The molecule has 5 nitrogen and oxygen atoms in total. The fourth-order valence-corrected chi connectivity index (χ4v) is 12.4. The number of methoxy groups -OCH3 is 1. The standard InChI is InChI=1S/C46H49N2O3.BrH/c1-3-32-27-48(28-41-37-10-6-4-8-34(37)21-35-9-5-7-11-38(35)41)17-15-33(32)22-43(48)44(39-14-16-47-42-13-12-36(50-2)23-40(39)42)51-45(49)46-24-29-18-30(25-46)20-31(19-29)26-46;/h3-14,16,21,23,29-33,43-44H,1,15,17-20,22,24-28H2,2H3;1H/q+1;/p-1/t29?,30?,31?,32-,33-,43+,44-,46?,48?;/m0./s1. The third kappa shape index (κ3) is 5.42. The van der Waals surface area contributed by atoms with Crippen LogP contribution in [-0.2, 0) is 16.1 Å². The van der Waals surface area contributed by atoms with Gasteiger partial charge in [-0.05, 0) is 114 Å². The molecule has 4 aliphatic carbocycles. The van der Waals surface area contributed by atoms with Crippen LogP contribution in [0.15, 0.2) is 97.7 Å². The second-order valence-electron chi connectivity index (χ2n) is 17.1. The molecule has 3 saturated heterocycles. The van der Waals surface area contributed by atoms with Crippen LogP contribution in [0.4, 0.5) is 0 Å². The molecule has 0 N–H and O–H groups in total. The fraction of sp³-hybridized carbons (Fsp3) is 0.435. The van der Waals surface area contributed by atoms with Gasteiger partial charge in [0.15, 0.2) is 6.10 Å². The lowest BCUT2D eigenvalue weighted by Gasteiger charge is -2.59. The van der Waals surface area contributed by atoms with Gasteiger partial charge in [-0.1, -0.05) is 54.6 Å². The van der Waals surface area contributed by atoms with Gasteiger partial charge >= 0.3 is 5.97 Å². The molecule has 0 amide bonds. The molecule has 12 rings (SSSR count). The van der Waals surface area contributed by atoms with Crippen LogP contribution in [-0.4, -0.2) is 41.7 Å². The Kier molecular flexibility index (Phi) is 8.50. The molecule has 52 heavy (non-hydrogen) atoms. The van der Waals surface area contributed by atoms with Crippen molar-refractivity contribution in [2.24, 2.45) is 35.0 Å². The van der Waals surface area contributed by atoms with Gasteiger partial charge in [-0.3, -0.25) is 9.78 Å². The molecule has 0 spiro atoms. The zero-order chi connectivity index (χ0) is 34.3. The first-order valence-electron chi connectivity index (χ1n) is 19.5. The number of quaternary nitrogens is 1. The molecule has 6 bridgehead atoms. The van der Waals surface area contributed by atoms with Crippen molar-refractivity contribution in [1.82, 2.24) is 4.98 Å². The zero-order valence-corrected chi connectivity index (χ0v) is 31.8. The van der Waals surface area contributed by atoms with Crippen molar-refractivity contribution in [3.63, 3.8) is 0 Å². The Balaban J connectivity index is 0.00000360. The van der Waals surface area contributed by atoms with Gasteiger partial charge in [-0.15, -0.1) is 6.58 Å². The summed E-state index contributed by atoms with van der Waals surface area (Å²) in [5, 5.41) is 6.24. The Morgan fingerprint density at radius 2 is 1.58 bits per heavy atom. The minimum Gasteiger partial charge on any atom is -1.00 e. The fourth-order valence-electron chi connectivity index (χ4n) is 12.4. The van der Waals surface area contributed by atoms with Gasteiger partial charge in [-0.25, -0.2) is 0 Å². The zero-order valence-electron chi connectivity index (χ0n) is 30.2. The molecule has 1 unspecified atom stereocenters. The number of fused-ring (bicyclic) bond motifs is 6. The summed E-state index contributed by atoms with van der Waals surface area (Å²) in [6.45, 7) is 7.33. The maximum atomic E-state index is 15.0. The summed E-state index contributed by atoms with van der Waals surface area (Å²) in [5.41, 5.74) is 3.06. The molecule has 268 valence electrons. The molecule has 6 heteroatoms. The van der Waals surface area contributed by atoms with Gasteiger partial charge < -0.3 is 30.9 Å². The van der Waals surface area contributed by atoms with Crippen LogP contribution in [0.1, 0.15) is 68.6 Å². The maximum Gasteiger partial charge on any atom is 0.312 e. The SMILES string of the molecule is C=C[C@H]1C[N+]2(Cc3c4ccccc4cc4ccccc34)CC[C@H]1C[C@@H]2[C@@H](OC(=O)C12CC3CC(CC(C3)C1)C2)c1ccnc2ccc(OC)cc12.[Br-]. The van der Waals surface area contributed by atoms with Crippen LogP contribution >= 0.6 is 0 Å². The molecule has 4 aromatic carbocycles. The number of esters is 1. The van der Waals surface area contributed by atoms with E-state index < -0.39 is 6.10 Å². The van der Waals surface area contributed by atoms with Crippen molar-refractivity contribution in [3.8, 4) is 5.75 Å². The van der Waals surface area contributed by atoms with E-state index in [0.29, 0.717) is 29.6 Å². The number of hydrogen-bond acceptors (Lipinski definition) is 4. The normalized spacial score (nSPS) is 32.1. The predicted octanol–water partition coefficient (Wildman–Crippen LogP) is 6.97. The van der Waals surface area contributed by atoms with Gasteiger partial charge in [0.1, 0.15) is 18.3 Å². The molecular weight excluding hydrogens is 708 g/mol. The average molecular weight is 758 g/mol. The Morgan fingerprint density at radius 1 is 0.904 bits per heavy atom. The van der Waals surface area contributed by atoms with Crippen molar-refractivity contribution in [1.29, 1.82) is 0 Å². The summed E-state index contributed by atoms with van der Waals surface area (Å²) in [5.74, 6) is 3.85. The number of hydrogen-bond donors (Lipinski definition) is 0. The van der Waals surface area contributed by atoms with E-state index in [-0.39, 0.29) is 34.4 Å². The number of nitrogens with zero attached hydrogens (tertiary/aromatic N) is 2. The van der Waals surface area contributed by atoms with Crippen LogP contribution in [0.3, 0.4) is 0 Å². The smallest absolute Gasteiger partial charge is 0.312 e. The first-order chi connectivity index (χ1) is 24.9. The molecule has 3 aliphatic heterocycles. The number of piperidine rings is 3. The molecule has 1 aromatic heterocycles. The first kappa shape index (κ1) is 34.1. The van der Waals surface area contributed by atoms with E-state index in [9.17, 15) is 0 Å². The Hall–Kier alpha value is -3.74. The summed E-state index contributed by atoms with van der Waals surface area (Å²) in [6, 6.07) is 28.5. The molecule has 5 aromatic rings. The third-order valence-electron chi connectivity index (χ3n) is 14.4. The number of halogens is 1. The quantitative estimate of drug-likeness (QED) is 0.0744. The predicted molar refractivity (Wildman–Crippen MR) is 203 cm³/mol. The Bertz CT molecular complexity index is 2110. The number of benzene rings is 4. The highest BCUT2D eigenvalue weighted by Gasteiger charge is 2.59. The van der Waals surface area contributed by atoms with E-state index >= 15 is 4.79 Å². The number of carbonyl (C=O) groups excluding carboxylic acids is 1. The van der Waals surface area contributed by atoms with Crippen molar-refractivity contribution >= 4 is 38.4 Å². The van der Waals surface area contributed by atoms with Crippen LogP contribution < -0.4 is 21.7 Å². The number of rotatable bonds is 8. The Morgan fingerprint density at radius 3 is 2.23 bits per heavy atom. The van der Waals surface area contributed by atoms with Crippen molar-refractivity contribution in [2.75, 3.05) is 20.2 Å². The summed E-state index contributed by atoms with van der Waals surface area (Å²) < 4.78 is 13.9. The molecule has 7 aliphatic rings. The van der Waals surface area contributed by atoms with Crippen LogP contribution in [0.25, 0.3) is 32.4 Å². The lowest BCUT2D eigenvalue weighted by Crippen LogP contribution is -3.00. The highest BCUT2D eigenvalue weighted by Crippen LogP contribution is 2.61. The van der Waals surface area contributed by atoms with Crippen LogP contribution in [0.2, 0.25) is 0 Å². The second-order valence-corrected chi connectivity index (χ2v) is 17.1. The van der Waals surface area contributed by atoms with Crippen LogP contribution in [0.5, 0.6) is 5.75 Å². The highest BCUT2D eigenvalue weighted by atomic mass is 79.9. The summed E-state index contributed by atoms with van der Waals surface area (Å²) in [6.07, 6.45) is 12.8. The molecule has 5 atom stereocenters. The van der Waals surface area contributed by atoms with E-state index in [2.05, 4.69) is 79.4 Å². The first-order valence-corrected chi connectivity index (χ1v) is 19.5. The largest absolute Gasteiger partial charge is 1.00 e. The number of pyridine rings is 1. The van der Waals surface area contributed by atoms with Gasteiger partial charge in [-0.2, -0.15) is 0 Å². The molecule has 4 heterocycles. The molecule has 4 saturated carbocycles. The monoisotopic (exact) mass is 756 g/mol. The number of ether oxygens (including phenoxy) is 2. The Labute approximate surface area is 317 Å². The number of aromatic nitrogens is 1. The molecule has 7 fully saturated rings. The van der Waals surface area contributed by atoms with Gasteiger partial charge in [0, 0.05) is 41.5 Å². The molecule has 0 radical (unpaired) electrons. The van der Waals surface area contributed by atoms with E-state index in [1.54, 1.807) is 7.11 Å². The van der Waals surface area contributed by atoms with Gasteiger partial charge in [0.2, 0.25) is 0 Å². The van der Waals surface area contributed by atoms with E-state index in [1.165, 1.54) is 46.4 Å². The second kappa shape index (κ2) is 13.0. The minimum absolute atomic E-state index is 0. The van der Waals surface area contributed by atoms with Crippen molar-refractivity contribution in [3.05, 3.63) is 109 Å². The lowest BCUT2D eigenvalue weighted by atomic mass is 9.49. The minimum atomic E-state index is -0.391. The van der Waals surface area contributed by atoms with Gasteiger partial charge in [0.05, 0.1) is 31.1 Å². The van der Waals surface area contributed by atoms with Gasteiger partial charge in [0.25, 0.3) is 0 Å². The molecular formula is C46H49BrN2O3. The summed E-state index contributed by atoms with van der Waals surface area (Å²) in [4.78, 5) is 19.8. The lowest BCUT2D eigenvalue weighted by molar-refractivity contribution is -0.984. The third-order valence-corrected chi connectivity index (χ3v) is 14.4. The van der Waals surface area contributed by atoms with Crippen LogP contribution in [0, 0.1) is 35.0 Å². The summed E-state index contributed by atoms with van der Waals surface area (Å²) >= 11 is 0. The average Bonchev–Trinajstić information content (AvgIpc) is 3.16. The van der Waals surface area contributed by atoms with Crippen molar-refractivity contribution < 1.29 is 35.7 Å². The number of carbonyl (C=O) groups is 1. The topological polar surface area (TPSA) is 48.4 Å². The van der Waals surface area contributed by atoms with E-state index in [4.69, 9.17) is 14.5 Å².